The summed E-state index contributed by atoms with van der Waals surface area (Å²) in [6.07, 6.45) is 8.16. The highest BCUT2D eigenvalue weighted by Gasteiger charge is 2.31. The van der Waals surface area contributed by atoms with E-state index in [1.54, 1.807) is 12.1 Å². The molecule has 0 radical (unpaired) electrons. The molecule has 2 aromatic heterocycles. The van der Waals surface area contributed by atoms with Gasteiger partial charge in [0.1, 0.15) is 10.7 Å². The van der Waals surface area contributed by atoms with Gasteiger partial charge in [0.15, 0.2) is 0 Å². The molecule has 1 fully saturated rings. The van der Waals surface area contributed by atoms with Crippen LogP contribution in [-0.4, -0.2) is 28.6 Å². The Labute approximate surface area is 245 Å². The maximum Gasteiger partial charge on any atom is 0.346 e. The van der Waals surface area contributed by atoms with Crippen molar-refractivity contribution in [3.05, 3.63) is 106 Å². The van der Waals surface area contributed by atoms with E-state index in [4.69, 9.17) is 0 Å². The van der Waals surface area contributed by atoms with E-state index in [0.717, 1.165) is 71.0 Å². The number of halogens is 1. The highest BCUT2D eigenvalue weighted by molar-refractivity contribution is 7.17. The van der Waals surface area contributed by atoms with E-state index in [-0.39, 0.29) is 11.9 Å². The second-order valence-corrected chi connectivity index (χ2v) is 12.6. The van der Waals surface area contributed by atoms with Crippen molar-refractivity contribution in [3.63, 3.8) is 0 Å². The average Bonchev–Trinajstić information content (AvgIpc) is 3.45. The minimum Gasteiger partial charge on any atom is -0.477 e. The number of aromatic carboxylic acids is 1. The molecular formula is C35H35FN2O2S. The van der Waals surface area contributed by atoms with Gasteiger partial charge in [-0.3, -0.25) is 4.98 Å². The summed E-state index contributed by atoms with van der Waals surface area (Å²) in [6.45, 7) is 3.12. The van der Waals surface area contributed by atoms with E-state index in [0.29, 0.717) is 10.8 Å². The Hall–Kier alpha value is -3.61. The molecule has 210 valence electrons. The molecule has 4 aromatic rings. The van der Waals surface area contributed by atoms with E-state index < -0.39 is 5.97 Å². The molecule has 6 heteroatoms. The third-order valence-corrected chi connectivity index (χ3v) is 9.86. The molecule has 1 aliphatic heterocycles. The lowest BCUT2D eigenvalue weighted by Crippen LogP contribution is -2.39. The fourth-order valence-electron chi connectivity index (χ4n) is 6.42. The molecule has 4 nitrogen and oxygen atoms in total. The molecule has 0 spiro atoms. The van der Waals surface area contributed by atoms with E-state index in [1.165, 1.54) is 47.5 Å². The third-order valence-electron chi connectivity index (χ3n) is 8.68. The quantitative estimate of drug-likeness (QED) is 0.235. The number of carboxylic acid groups (broad SMARTS) is 1. The first-order valence-electron chi connectivity index (χ1n) is 14.5. The van der Waals surface area contributed by atoms with Gasteiger partial charge in [0.05, 0.1) is 5.69 Å². The summed E-state index contributed by atoms with van der Waals surface area (Å²) in [5.74, 6) is 0.122. The van der Waals surface area contributed by atoms with Gasteiger partial charge in [-0.1, -0.05) is 50.1 Å². The van der Waals surface area contributed by atoms with Gasteiger partial charge in [-0.25, -0.2) is 9.18 Å². The van der Waals surface area contributed by atoms with Gasteiger partial charge in [0.25, 0.3) is 0 Å². The fraction of sp³-hybridized carbons (Fsp3) is 0.314. The highest BCUT2D eigenvalue weighted by Crippen LogP contribution is 2.43. The Kier molecular flexibility index (Phi) is 8.13. The zero-order chi connectivity index (χ0) is 28.3. The van der Waals surface area contributed by atoms with Crippen molar-refractivity contribution >= 4 is 22.9 Å². The average molecular weight is 567 g/mol. The van der Waals surface area contributed by atoms with Crippen LogP contribution in [0.3, 0.4) is 0 Å². The summed E-state index contributed by atoms with van der Waals surface area (Å²) in [5, 5.41) is 14.1. The number of thiophene rings is 1. The smallest absolute Gasteiger partial charge is 0.346 e. The van der Waals surface area contributed by atoms with Gasteiger partial charge < -0.3 is 10.4 Å². The number of aromatic nitrogens is 1. The summed E-state index contributed by atoms with van der Waals surface area (Å²) in [4.78, 5) is 18.5. The van der Waals surface area contributed by atoms with Crippen molar-refractivity contribution in [2.45, 2.75) is 51.5 Å². The maximum atomic E-state index is 13.5. The molecule has 2 aliphatic rings. The molecule has 1 atom stereocenters. The zero-order valence-electron chi connectivity index (χ0n) is 23.3. The molecule has 1 unspecified atom stereocenters. The molecule has 0 saturated heterocycles. The highest BCUT2D eigenvalue weighted by atomic mass is 32.1. The number of benzene rings is 2. The van der Waals surface area contributed by atoms with Crippen LogP contribution in [0, 0.1) is 17.7 Å². The summed E-state index contributed by atoms with van der Waals surface area (Å²) in [5.41, 5.74) is 7.42. The van der Waals surface area contributed by atoms with E-state index in [1.807, 2.05) is 42.6 Å². The Morgan fingerprint density at radius 1 is 1.00 bits per heavy atom. The Bertz CT molecular complexity index is 1550. The molecule has 6 rings (SSSR count). The van der Waals surface area contributed by atoms with Gasteiger partial charge in [0, 0.05) is 34.8 Å². The molecule has 1 aliphatic carbocycles. The van der Waals surface area contributed by atoms with Gasteiger partial charge in [-0.05, 0) is 102 Å². The van der Waals surface area contributed by atoms with Crippen molar-refractivity contribution in [3.8, 4) is 21.7 Å². The van der Waals surface area contributed by atoms with E-state index >= 15 is 0 Å². The van der Waals surface area contributed by atoms with Crippen molar-refractivity contribution < 1.29 is 14.3 Å². The van der Waals surface area contributed by atoms with Gasteiger partial charge in [-0.2, -0.15) is 0 Å². The van der Waals surface area contributed by atoms with Crippen LogP contribution in [0.1, 0.15) is 59.8 Å². The zero-order valence-corrected chi connectivity index (χ0v) is 24.1. The van der Waals surface area contributed by atoms with Crippen LogP contribution >= 0.6 is 11.3 Å². The second kappa shape index (κ2) is 12.1. The third kappa shape index (κ3) is 6.19. The van der Waals surface area contributed by atoms with Crippen LogP contribution in [0.2, 0.25) is 0 Å². The predicted octanol–water partition coefficient (Wildman–Crippen LogP) is 8.50. The summed E-state index contributed by atoms with van der Waals surface area (Å²) < 4.78 is 13.5. The summed E-state index contributed by atoms with van der Waals surface area (Å²) in [7, 11) is 0. The number of rotatable bonds is 7. The van der Waals surface area contributed by atoms with Gasteiger partial charge in [0.2, 0.25) is 0 Å². The summed E-state index contributed by atoms with van der Waals surface area (Å²) >= 11 is 1.38. The molecule has 0 amide bonds. The number of nitrogens with one attached hydrogen (secondary N) is 1. The Morgan fingerprint density at radius 3 is 2.49 bits per heavy atom. The lowest BCUT2D eigenvalue weighted by molar-refractivity contribution is 0.0701. The lowest BCUT2D eigenvalue weighted by Gasteiger charge is -2.36. The number of carbonyl (C=O) groups is 1. The fourth-order valence-corrected chi connectivity index (χ4v) is 7.45. The largest absolute Gasteiger partial charge is 0.477 e. The molecule has 0 bridgehead atoms. The molecule has 1 saturated carbocycles. The van der Waals surface area contributed by atoms with Gasteiger partial charge in [-0.15, -0.1) is 11.3 Å². The topological polar surface area (TPSA) is 62.2 Å². The first kappa shape index (κ1) is 27.6. The first-order chi connectivity index (χ1) is 19.9. The molecule has 2 aromatic carbocycles. The minimum absolute atomic E-state index is 0.168. The number of hydrogen-bond acceptors (Lipinski definition) is 4. The molecular weight excluding hydrogens is 531 g/mol. The predicted molar refractivity (Wildman–Crippen MR) is 164 cm³/mol. The van der Waals surface area contributed by atoms with Crippen LogP contribution in [0.5, 0.6) is 0 Å². The monoisotopic (exact) mass is 566 g/mol. The minimum atomic E-state index is -0.857. The summed E-state index contributed by atoms with van der Waals surface area (Å²) in [6, 6.07) is 22.9. The molecule has 41 heavy (non-hydrogen) atoms. The lowest BCUT2D eigenvalue weighted by atomic mass is 9.74. The van der Waals surface area contributed by atoms with Crippen LogP contribution in [0.4, 0.5) is 4.39 Å². The number of pyridine rings is 1. The van der Waals surface area contributed by atoms with E-state index in [9.17, 15) is 14.3 Å². The normalized spacial score (nSPS) is 21.2. The van der Waals surface area contributed by atoms with Crippen LogP contribution < -0.4 is 5.32 Å². The number of carboxylic acids is 1. The van der Waals surface area contributed by atoms with Crippen LogP contribution in [0.15, 0.2) is 84.6 Å². The molecule has 3 heterocycles. The SMILES string of the molecule is CC1CCC(C2=C(c3cc(-c4ccccc4)sc3C(=O)O)CC(Cc3ccnc(-c4ccc(F)cc4)c3)NC2)CC1. The van der Waals surface area contributed by atoms with Crippen molar-refractivity contribution in [1.82, 2.24) is 10.3 Å². The van der Waals surface area contributed by atoms with Crippen molar-refractivity contribution in [2.75, 3.05) is 6.54 Å². The molecule has 2 N–H and O–H groups in total. The maximum absolute atomic E-state index is 13.5. The van der Waals surface area contributed by atoms with Crippen LogP contribution in [0.25, 0.3) is 27.3 Å². The number of hydrogen-bond donors (Lipinski definition) is 2. The Morgan fingerprint density at radius 2 is 1.76 bits per heavy atom. The Balaban J connectivity index is 1.34. The second-order valence-electron chi connectivity index (χ2n) is 11.5. The van der Waals surface area contributed by atoms with Gasteiger partial charge >= 0.3 is 5.97 Å². The van der Waals surface area contributed by atoms with Crippen molar-refractivity contribution in [1.29, 1.82) is 0 Å². The number of nitrogens with zero attached hydrogens (tertiary/aromatic N) is 1. The van der Waals surface area contributed by atoms with E-state index in [2.05, 4.69) is 29.4 Å². The van der Waals surface area contributed by atoms with Crippen molar-refractivity contribution in [2.24, 2.45) is 11.8 Å². The first-order valence-corrected chi connectivity index (χ1v) is 15.4. The van der Waals surface area contributed by atoms with Crippen LogP contribution in [-0.2, 0) is 6.42 Å². The standard InChI is InChI=1S/C35H35FN2O2S/c1-22-7-9-24(10-8-22)31-21-38-28(17-23-15-16-37-32(18-23)25-11-13-27(36)14-12-25)19-29(31)30-20-33(41-34(30)35(39)40)26-5-3-2-4-6-26/h2-6,11-16,18,20,22,24,28,38H,7-10,17,19,21H2,1H3,(H,39,40).